The van der Waals surface area contributed by atoms with Gasteiger partial charge in [-0.05, 0) is 0 Å². The topological polar surface area (TPSA) is 3.24 Å². The molecule has 0 radical (unpaired) electrons. The summed E-state index contributed by atoms with van der Waals surface area (Å²) < 4.78 is 24.9. The van der Waals surface area contributed by atoms with Crippen LogP contribution in [0.3, 0.4) is 0 Å². The van der Waals surface area contributed by atoms with Crippen LogP contribution in [0, 0.1) is 12.8 Å². The molecular formula is C11H21F2NW. The van der Waals surface area contributed by atoms with Gasteiger partial charge in [-0.25, -0.2) is 8.78 Å². The maximum atomic E-state index is 12.5. The fourth-order valence-electron chi connectivity index (χ4n) is 1.10. The Kier molecular flexibility index (Phi) is 10.3. The molecule has 0 bridgehead atoms. The number of alkyl halides is 2. The number of rotatable bonds is 1. The Morgan fingerprint density at radius 3 is 1.80 bits per heavy atom. The maximum Gasteiger partial charge on any atom is 2.00 e. The van der Waals surface area contributed by atoms with Gasteiger partial charge in [0.05, 0.1) is 0 Å². The molecular weight excluding hydrogens is 368 g/mol. The number of halogens is 2. The van der Waals surface area contributed by atoms with Crippen molar-refractivity contribution in [2.45, 2.75) is 39.5 Å². The quantitative estimate of drug-likeness (QED) is 0.623. The third-order valence-electron chi connectivity index (χ3n) is 1.90. The summed E-state index contributed by atoms with van der Waals surface area (Å²) in [5, 5.41) is 0. The molecule has 0 saturated carbocycles. The van der Waals surface area contributed by atoms with Crippen molar-refractivity contribution in [3.8, 4) is 0 Å². The molecule has 90 valence electrons. The summed E-state index contributed by atoms with van der Waals surface area (Å²) in [4.78, 5) is 1.94. The van der Waals surface area contributed by atoms with E-state index < -0.39 is 5.92 Å². The van der Waals surface area contributed by atoms with Gasteiger partial charge in [-0.2, -0.15) is 20.8 Å². The summed E-state index contributed by atoms with van der Waals surface area (Å²) in [5.74, 6) is -0.994. The van der Waals surface area contributed by atoms with Crippen molar-refractivity contribution in [2.75, 3.05) is 19.6 Å². The van der Waals surface area contributed by atoms with Crippen molar-refractivity contribution in [3.05, 3.63) is 12.8 Å². The number of hydrogen-bond donors (Lipinski definition) is 0. The number of piperidine rings is 1. The summed E-state index contributed by atoms with van der Waals surface area (Å²) >= 11 is 0. The minimum absolute atomic E-state index is 0. The predicted octanol–water partition coefficient (Wildman–Crippen LogP) is 3.17. The van der Waals surface area contributed by atoms with Crippen molar-refractivity contribution < 1.29 is 29.8 Å². The van der Waals surface area contributed by atoms with Crippen LogP contribution >= 0.6 is 0 Å². The van der Waals surface area contributed by atoms with Gasteiger partial charge in [-0.15, -0.1) is 6.54 Å². The molecule has 0 spiro atoms. The Balaban J connectivity index is 0. The van der Waals surface area contributed by atoms with Crippen LogP contribution in [0.5, 0.6) is 0 Å². The van der Waals surface area contributed by atoms with E-state index in [1.165, 1.54) is 5.92 Å². The van der Waals surface area contributed by atoms with Crippen LogP contribution < -0.4 is 0 Å². The van der Waals surface area contributed by atoms with Crippen molar-refractivity contribution in [3.63, 3.8) is 0 Å². The molecule has 1 saturated heterocycles. The number of likely N-dealkylation sites (tertiary alicyclic amines) is 1. The van der Waals surface area contributed by atoms with Gasteiger partial charge in [0.25, 0.3) is 5.92 Å². The number of hydrogen-bond acceptors (Lipinski definition) is 1. The van der Waals surface area contributed by atoms with Crippen molar-refractivity contribution >= 4 is 0 Å². The summed E-state index contributed by atoms with van der Waals surface area (Å²) in [6.07, 6.45) is 0.00500. The Bertz CT molecular complexity index is 139. The van der Waals surface area contributed by atoms with E-state index in [1.54, 1.807) is 0 Å². The first-order chi connectivity index (χ1) is 6.37. The fraction of sp³-hybridized carbons (Fsp3) is 0.818. The summed E-state index contributed by atoms with van der Waals surface area (Å²) in [7, 11) is 0. The molecule has 1 nitrogen and oxygen atoms in total. The monoisotopic (exact) mass is 389 g/mol. The average molecular weight is 389 g/mol. The third kappa shape index (κ3) is 10.8. The molecule has 1 aliphatic heterocycles. The first kappa shape index (κ1) is 17.9. The summed E-state index contributed by atoms with van der Waals surface area (Å²) in [6.45, 7) is 11.5. The Labute approximate surface area is 107 Å². The second-order valence-electron chi connectivity index (χ2n) is 4.20. The van der Waals surface area contributed by atoms with Crippen molar-refractivity contribution in [1.82, 2.24) is 4.90 Å². The molecule has 0 aliphatic carbocycles. The van der Waals surface area contributed by atoms with E-state index in [9.17, 15) is 8.78 Å². The largest absolute Gasteiger partial charge is 2.00 e. The van der Waals surface area contributed by atoms with Gasteiger partial charge in [0.2, 0.25) is 0 Å². The molecule has 1 heterocycles. The zero-order chi connectivity index (χ0) is 11.2. The van der Waals surface area contributed by atoms with Gasteiger partial charge in [0.1, 0.15) is 0 Å². The molecule has 0 aromatic heterocycles. The van der Waals surface area contributed by atoms with Crippen LogP contribution in [-0.4, -0.2) is 30.5 Å². The zero-order valence-electron chi connectivity index (χ0n) is 9.85. The van der Waals surface area contributed by atoms with Crippen molar-refractivity contribution in [2.24, 2.45) is 0 Å². The molecule has 0 unspecified atom stereocenters. The van der Waals surface area contributed by atoms with Crippen LogP contribution in [0.4, 0.5) is 8.78 Å². The van der Waals surface area contributed by atoms with E-state index in [-0.39, 0.29) is 33.9 Å². The Hall–Kier alpha value is 0.508. The standard InChI is InChI=1S/C7H12F2N.C4H9.W/c1-2-10-5-3-7(8,9)4-6-10;1-4(2)3;/h1-6H2;1-3H3;/q2*-1;+2. The van der Waals surface area contributed by atoms with Crippen LogP contribution in [-0.2, 0) is 21.1 Å². The molecule has 0 N–H and O–H groups in total. The normalized spacial score (nSPS) is 20.2. The first-order valence-corrected chi connectivity index (χ1v) is 5.03. The minimum atomic E-state index is -2.41. The average Bonchev–Trinajstić information content (AvgIpc) is 2.03. The van der Waals surface area contributed by atoms with Crippen LogP contribution in [0.25, 0.3) is 0 Å². The van der Waals surface area contributed by atoms with E-state index in [1.807, 2.05) is 4.90 Å². The van der Waals surface area contributed by atoms with Crippen LogP contribution in [0.1, 0.15) is 33.6 Å². The molecule has 1 fully saturated rings. The smallest absolute Gasteiger partial charge is 0.332 e. The molecule has 0 aromatic rings. The molecule has 1 aliphatic rings. The summed E-state index contributed by atoms with van der Waals surface area (Å²) in [6, 6.07) is 0. The van der Waals surface area contributed by atoms with E-state index in [0.717, 1.165) is 0 Å². The second kappa shape index (κ2) is 8.64. The maximum absolute atomic E-state index is 12.5. The van der Waals surface area contributed by atoms with Gasteiger partial charge in [0, 0.05) is 25.9 Å². The molecule has 0 aromatic carbocycles. The van der Waals surface area contributed by atoms with E-state index in [2.05, 4.69) is 27.7 Å². The van der Waals surface area contributed by atoms with Gasteiger partial charge in [0.15, 0.2) is 0 Å². The van der Waals surface area contributed by atoms with E-state index in [0.29, 0.717) is 19.6 Å². The van der Waals surface area contributed by atoms with Gasteiger partial charge in [-0.3, -0.25) is 0 Å². The van der Waals surface area contributed by atoms with Gasteiger partial charge in [-0.1, -0.05) is 0 Å². The van der Waals surface area contributed by atoms with Gasteiger partial charge >= 0.3 is 21.1 Å². The van der Waals surface area contributed by atoms with Crippen LogP contribution in [0.15, 0.2) is 0 Å². The molecule has 0 amide bonds. The molecule has 15 heavy (non-hydrogen) atoms. The van der Waals surface area contributed by atoms with E-state index >= 15 is 0 Å². The zero-order valence-corrected chi connectivity index (χ0v) is 12.8. The predicted molar refractivity (Wildman–Crippen MR) is 56.2 cm³/mol. The Morgan fingerprint density at radius 1 is 1.20 bits per heavy atom. The fourth-order valence-corrected chi connectivity index (χ4v) is 1.10. The second-order valence-corrected chi connectivity index (χ2v) is 4.20. The third-order valence-corrected chi connectivity index (χ3v) is 1.90. The minimum Gasteiger partial charge on any atom is -0.332 e. The van der Waals surface area contributed by atoms with E-state index in [4.69, 9.17) is 0 Å². The summed E-state index contributed by atoms with van der Waals surface area (Å²) in [5.41, 5.74) is 0. The SMILES string of the molecule is C[C-](C)C.[CH2-]CN1CCC(F)(F)CC1.[W+2]. The molecule has 0 atom stereocenters. The Morgan fingerprint density at radius 2 is 1.53 bits per heavy atom. The van der Waals surface area contributed by atoms with Crippen LogP contribution in [0.2, 0.25) is 0 Å². The van der Waals surface area contributed by atoms with Gasteiger partial charge < -0.3 is 17.7 Å². The van der Waals surface area contributed by atoms with Crippen molar-refractivity contribution in [1.29, 1.82) is 0 Å². The molecule has 4 heteroatoms. The molecule has 1 rings (SSSR count). The number of nitrogens with zero attached hydrogens (tertiary/aromatic N) is 1. The first-order valence-electron chi connectivity index (χ1n) is 5.03.